The fourth-order valence-corrected chi connectivity index (χ4v) is 3.42. The summed E-state index contributed by atoms with van der Waals surface area (Å²) in [6.45, 7) is 2.79. The minimum atomic E-state index is -0.195. The van der Waals surface area contributed by atoms with Crippen molar-refractivity contribution in [1.29, 1.82) is 0 Å². The van der Waals surface area contributed by atoms with Gasteiger partial charge in [-0.3, -0.25) is 9.59 Å². The number of halogens is 2. The molecule has 0 aliphatic carbocycles. The summed E-state index contributed by atoms with van der Waals surface area (Å²) in [7, 11) is 0. The Morgan fingerprint density at radius 3 is 2.71 bits per heavy atom. The average molecular weight is 421 g/mol. The maximum Gasteiger partial charge on any atom is 0.227 e. The summed E-state index contributed by atoms with van der Waals surface area (Å²) in [5, 5.41) is 3.94. The quantitative estimate of drug-likeness (QED) is 0.742. The molecule has 5 nitrogen and oxygen atoms in total. The van der Waals surface area contributed by atoms with Gasteiger partial charge in [-0.2, -0.15) is 0 Å². The first-order valence-corrected chi connectivity index (χ1v) is 10.00. The van der Waals surface area contributed by atoms with Crippen molar-refractivity contribution in [3.8, 4) is 5.75 Å². The van der Waals surface area contributed by atoms with Crippen molar-refractivity contribution in [3.05, 3.63) is 58.1 Å². The van der Waals surface area contributed by atoms with Crippen molar-refractivity contribution in [3.63, 3.8) is 0 Å². The van der Waals surface area contributed by atoms with Gasteiger partial charge in [0.05, 0.1) is 12.2 Å². The number of nitrogens with zero attached hydrogens (tertiary/aromatic N) is 1. The smallest absolute Gasteiger partial charge is 0.227 e. The first kappa shape index (κ1) is 20.5. The van der Waals surface area contributed by atoms with Crippen LogP contribution in [0.25, 0.3) is 0 Å². The van der Waals surface area contributed by atoms with E-state index < -0.39 is 0 Å². The molecule has 2 amide bonds. The van der Waals surface area contributed by atoms with Crippen LogP contribution in [0.3, 0.4) is 0 Å². The Hall–Kier alpha value is -2.24. The molecule has 1 heterocycles. The standard InChI is InChI=1S/C21H22Cl2N2O3/c1-2-16-13-25(18-11-15(22)7-8-19(18)28-16)21(27)10-9-20(26)24-12-14-5-3-4-6-17(14)23/h3-8,11,16H,2,9-10,12-13H2,1H3,(H,24,26)/t16-/m0/s1. The highest BCUT2D eigenvalue weighted by Gasteiger charge is 2.29. The number of fused-ring (bicyclic) bond motifs is 1. The van der Waals surface area contributed by atoms with E-state index in [1.165, 1.54) is 0 Å². The highest BCUT2D eigenvalue weighted by atomic mass is 35.5. The lowest BCUT2D eigenvalue weighted by Crippen LogP contribution is -2.43. The number of carbonyl (C=O) groups is 2. The molecule has 1 atom stereocenters. The third kappa shape index (κ3) is 4.97. The molecule has 148 valence electrons. The molecule has 28 heavy (non-hydrogen) atoms. The lowest BCUT2D eigenvalue weighted by atomic mass is 10.1. The van der Waals surface area contributed by atoms with E-state index in [2.05, 4.69) is 5.32 Å². The molecular formula is C21H22Cl2N2O3. The monoisotopic (exact) mass is 420 g/mol. The van der Waals surface area contributed by atoms with Crippen molar-refractivity contribution >= 4 is 40.7 Å². The Morgan fingerprint density at radius 2 is 1.96 bits per heavy atom. The van der Waals surface area contributed by atoms with Crippen molar-refractivity contribution in [2.45, 2.75) is 38.8 Å². The maximum absolute atomic E-state index is 12.8. The number of carbonyl (C=O) groups excluding carboxylic acids is 2. The molecule has 0 fully saturated rings. The van der Waals surface area contributed by atoms with Crippen molar-refractivity contribution < 1.29 is 14.3 Å². The van der Waals surface area contributed by atoms with Gasteiger partial charge >= 0.3 is 0 Å². The van der Waals surface area contributed by atoms with Crippen molar-refractivity contribution in [2.75, 3.05) is 11.4 Å². The lowest BCUT2D eigenvalue weighted by molar-refractivity contribution is -0.125. The van der Waals surface area contributed by atoms with Crippen LogP contribution < -0.4 is 15.0 Å². The zero-order chi connectivity index (χ0) is 20.1. The summed E-state index contributed by atoms with van der Waals surface area (Å²) in [6.07, 6.45) is 0.917. The van der Waals surface area contributed by atoms with Gasteiger partial charge in [-0.05, 0) is 36.2 Å². The molecule has 0 radical (unpaired) electrons. The van der Waals surface area contributed by atoms with Crippen LogP contribution in [0.4, 0.5) is 5.69 Å². The number of hydrogen-bond acceptors (Lipinski definition) is 3. The first-order valence-electron chi connectivity index (χ1n) is 9.24. The van der Waals surface area contributed by atoms with E-state index in [1.54, 1.807) is 29.2 Å². The molecular weight excluding hydrogens is 399 g/mol. The normalized spacial score (nSPS) is 15.5. The molecule has 0 spiro atoms. The molecule has 2 aromatic rings. The van der Waals surface area contributed by atoms with Crippen molar-refractivity contribution in [2.24, 2.45) is 0 Å². The average Bonchev–Trinajstić information content (AvgIpc) is 2.70. The molecule has 1 aliphatic rings. The van der Waals surface area contributed by atoms with E-state index in [4.69, 9.17) is 27.9 Å². The topological polar surface area (TPSA) is 58.6 Å². The van der Waals surface area contributed by atoms with Gasteiger partial charge in [0.25, 0.3) is 0 Å². The maximum atomic E-state index is 12.8. The molecule has 3 rings (SSSR count). The van der Waals surface area contributed by atoms with E-state index in [-0.39, 0.29) is 30.8 Å². The van der Waals surface area contributed by atoms with Gasteiger partial charge in [0.15, 0.2) is 0 Å². The Labute approximate surface area is 174 Å². The van der Waals surface area contributed by atoms with Crippen LogP contribution >= 0.6 is 23.2 Å². The van der Waals surface area contributed by atoms with E-state index in [9.17, 15) is 9.59 Å². The Morgan fingerprint density at radius 1 is 1.18 bits per heavy atom. The van der Waals surface area contributed by atoms with E-state index in [1.807, 2.05) is 25.1 Å². The van der Waals surface area contributed by atoms with Gasteiger partial charge in [-0.15, -0.1) is 0 Å². The predicted molar refractivity (Wildman–Crippen MR) is 111 cm³/mol. The highest BCUT2D eigenvalue weighted by Crippen LogP contribution is 2.36. The second kappa shape index (κ2) is 9.30. The van der Waals surface area contributed by atoms with Gasteiger partial charge < -0.3 is 15.0 Å². The number of rotatable bonds is 6. The second-order valence-corrected chi connectivity index (χ2v) is 7.48. The number of benzene rings is 2. The SMILES string of the molecule is CC[C@H]1CN(C(=O)CCC(=O)NCc2ccccc2Cl)c2cc(Cl)ccc2O1. The summed E-state index contributed by atoms with van der Waals surface area (Å²) >= 11 is 12.2. The fraction of sp³-hybridized carbons (Fsp3) is 0.333. The molecule has 7 heteroatoms. The third-order valence-corrected chi connectivity index (χ3v) is 5.25. The molecule has 0 saturated carbocycles. The van der Waals surface area contributed by atoms with Crippen LogP contribution in [0.5, 0.6) is 5.75 Å². The molecule has 1 N–H and O–H groups in total. The van der Waals surface area contributed by atoms with E-state index in [0.29, 0.717) is 34.6 Å². The summed E-state index contributed by atoms with van der Waals surface area (Å²) in [5.74, 6) is 0.317. The summed E-state index contributed by atoms with van der Waals surface area (Å²) in [6, 6.07) is 12.6. The minimum Gasteiger partial charge on any atom is -0.486 e. The zero-order valence-corrected chi connectivity index (χ0v) is 17.1. The minimum absolute atomic E-state index is 0.0772. The molecule has 1 aliphatic heterocycles. The van der Waals surface area contributed by atoms with Crippen molar-refractivity contribution in [1.82, 2.24) is 5.32 Å². The van der Waals surface area contributed by atoms with Gasteiger partial charge in [-0.25, -0.2) is 0 Å². The second-order valence-electron chi connectivity index (χ2n) is 6.63. The zero-order valence-electron chi connectivity index (χ0n) is 15.6. The lowest BCUT2D eigenvalue weighted by Gasteiger charge is -2.34. The molecule has 2 aromatic carbocycles. The van der Waals surface area contributed by atoms with Gasteiger partial charge in [0.1, 0.15) is 11.9 Å². The summed E-state index contributed by atoms with van der Waals surface area (Å²) in [4.78, 5) is 26.6. The Kier molecular flexibility index (Phi) is 6.81. The van der Waals surface area contributed by atoms with Gasteiger partial charge in [-0.1, -0.05) is 48.3 Å². The van der Waals surface area contributed by atoms with Crippen LogP contribution in [-0.4, -0.2) is 24.5 Å². The number of anilines is 1. The summed E-state index contributed by atoms with van der Waals surface area (Å²) in [5.41, 5.74) is 1.49. The highest BCUT2D eigenvalue weighted by molar-refractivity contribution is 6.31. The van der Waals surface area contributed by atoms with E-state index >= 15 is 0 Å². The van der Waals surface area contributed by atoms with Crippen LogP contribution in [0, 0.1) is 0 Å². The largest absolute Gasteiger partial charge is 0.486 e. The summed E-state index contributed by atoms with van der Waals surface area (Å²) < 4.78 is 5.90. The Bertz CT molecular complexity index is 872. The number of amides is 2. The van der Waals surface area contributed by atoms with Crippen LogP contribution in [-0.2, 0) is 16.1 Å². The molecule has 0 unspecified atom stereocenters. The Balaban J connectivity index is 1.59. The van der Waals surface area contributed by atoms with Gasteiger partial charge in [0, 0.05) is 29.4 Å². The van der Waals surface area contributed by atoms with Crippen LogP contribution in [0.1, 0.15) is 31.7 Å². The molecule has 0 aromatic heterocycles. The first-order chi connectivity index (χ1) is 13.5. The number of hydrogen-bond donors (Lipinski definition) is 1. The third-order valence-electron chi connectivity index (χ3n) is 4.65. The number of ether oxygens (including phenoxy) is 1. The molecule has 0 bridgehead atoms. The molecule has 0 saturated heterocycles. The fourth-order valence-electron chi connectivity index (χ4n) is 3.05. The predicted octanol–water partition coefficient (Wildman–Crippen LogP) is 4.59. The number of nitrogens with one attached hydrogen (secondary N) is 1. The van der Waals surface area contributed by atoms with Gasteiger partial charge in [0.2, 0.25) is 11.8 Å². The van der Waals surface area contributed by atoms with Crippen LogP contribution in [0.15, 0.2) is 42.5 Å². The van der Waals surface area contributed by atoms with E-state index in [0.717, 1.165) is 12.0 Å². The van der Waals surface area contributed by atoms with Crippen LogP contribution in [0.2, 0.25) is 10.0 Å².